The Morgan fingerprint density at radius 3 is 2.28 bits per heavy atom. The molecule has 0 saturated carbocycles. The maximum atomic E-state index is 6.26. The molecule has 1 unspecified atom stereocenters. The van der Waals surface area contributed by atoms with Gasteiger partial charge in [-0.3, -0.25) is 0 Å². The molecule has 0 bridgehead atoms. The van der Waals surface area contributed by atoms with Crippen molar-refractivity contribution in [2.24, 2.45) is 0 Å². The average Bonchev–Trinajstić information content (AvgIpc) is 3.14. The molecule has 0 radical (unpaired) electrons. The molecule has 0 aliphatic rings. The van der Waals surface area contributed by atoms with E-state index in [2.05, 4.69) is 77.8 Å². The molecule has 0 saturated heterocycles. The van der Waals surface area contributed by atoms with Gasteiger partial charge in [-0.25, -0.2) is 4.98 Å². The van der Waals surface area contributed by atoms with Gasteiger partial charge in [0.2, 0.25) is 0 Å². The SMILES string of the molecule is Brc1ccc(COC(CCCn2ccnc2)c2ccc(Br)cc2)cc1. The highest BCUT2D eigenvalue weighted by atomic mass is 79.9. The highest BCUT2D eigenvalue weighted by Crippen LogP contribution is 2.26. The molecule has 130 valence electrons. The molecule has 3 nitrogen and oxygen atoms in total. The normalized spacial score (nSPS) is 12.2. The molecule has 0 aliphatic heterocycles. The molecule has 2 aromatic carbocycles. The van der Waals surface area contributed by atoms with Gasteiger partial charge in [0.1, 0.15) is 0 Å². The van der Waals surface area contributed by atoms with Crippen LogP contribution in [-0.2, 0) is 17.9 Å². The van der Waals surface area contributed by atoms with Crippen molar-refractivity contribution < 1.29 is 4.74 Å². The van der Waals surface area contributed by atoms with Crippen molar-refractivity contribution in [3.05, 3.63) is 87.3 Å². The molecule has 0 amide bonds. The molecular formula is C20H20Br2N2O. The van der Waals surface area contributed by atoms with Gasteiger partial charge in [-0.05, 0) is 48.2 Å². The number of aromatic nitrogens is 2. The summed E-state index contributed by atoms with van der Waals surface area (Å²) in [6, 6.07) is 16.7. The van der Waals surface area contributed by atoms with Crippen LogP contribution in [-0.4, -0.2) is 9.55 Å². The second kappa shape index (κ2) is 9.32. The summed E-state index contributed by atoms with van der Waals surface area (Å²) in [6.07, 6.45) is 7.76. The predicted molar refractivity (Wildman–Crippen MR) is 107 cm³/mol. The van der Waals surface area contributed by atoms with E-state index in [0.717, 1.165) is 28.3 Å². The van der Waals surface area contributed by atoms with Crippen molar-refractivity contribution >= 4 is 31.9 Å². The largest absolute Gasteiger partial charge is 0.369 e. The van der Waals surface area contributed by atoms with Crippen LogP contribution in [0.4, 0.5) is 0 Å². The number of nitrogens with zero attached hydrogens (tertiary/aromatic N) is 2. The summed E-state index contributed by atoms with van der Waals surface area (Å²) >= 11 is 6.97. The van der Waals surface area contributed by atoms with Gasteiger partial charge in [0.15, 0.2) is 0 Å². The average molecular weight is 464 g/mol. The second-order valence-electron chi connectivity index (χ2n) is 5.92. The first kappa shape index (κ1) is 18.4. The second-order valence-corrected chi connectivity index (χ2v) is 7.75. The Kier molecular flexibility index (Phi) is 6.84. The van der Waals surface area contributed by atoms with Crippen molar-refractivity contribution in [1.29, 1.82) is 0 Å². The summed E-state index contributed by atoms with van der Waals surface area (Å²) in [6.45, 7) is 1.56. The zero-order valence-electron chi connectivity index (χ0n) is 13.8. The fourth-order valence-corrected chi connectivity index (χ4v) is 3.21. The lowest BCUT2D eigenvalue weighted by Crippen LogP contribution is -2.07. The maximum absolute atomic E-state index is 6.26. The highest BCUT2D eigenvalue weighted by Gasteiger charge is 2.12. The topological polar surface area (TPSA) is 27.1 Å². The number of rotatable bonds is 8. The maximum Gasteiger partial charge on any atom is 0.0945 e. The van der Waals surface area contributed by atoms with Crippen molar-refractivity contribution in [3.8, 4) is 0 Å². The lowest BCUT2D eigenvalue weighted by atomic mass is 10.0. The van der Waals surface area contributed by atoms with E-state index >= 15 is 0 Å². The van der Waals surface area contributed by atoms with Crippen molar-refractivity contribution in [1.82, 2.24) is 9.55 Å². The molecule has 1 aromatic heterocycles. The van der Waals surface area contributed by atoms with Crippen LogP contribution in [0.5, 0.6) is 0 Å². The molecule has 5 heteroatoms. The van der Waals surface area contributed by atoms with Crippen molar-refractivity contribution in [2.75, 3.05) is 0 Å². The first-order valence-corrected chi connectivity index (χ1v) is 9.86. The standard InChI is InChI=1S/C20H20Br2N2O/c21-18-7-3-16(4-8-18)14-25-20(17-5-9-19(22)10-6-17)2-1-12-24-13-11-23-15-24/h3-11,13,15,20H,1-2,12,14H2. The van der Waals surface area contributed by atoms with Gasteiger partial charge in [-0.1, -0.05) is 56.1 Å². The van der Waals surface area contributed by atoms with E-state index in [4.69, 9.17) is 4.74 Å². The minimum absolute atomic E-state index is 0.0836. The van der Waals surface area contributed by atoms with Crippen LogP contribution in [0.2, 0.25) is 0 Å². The number of aryl methyl sites for hydroxylation is 1. The Morgan fingerprint density at radius 1 is 0.960 bits per heavy atom. The van der Waals surface area contributed by atoms with Gasteiger partial charge in [0, 0.05) is 27.9 Å². The van der Waals surface area contributed by atoms with E-state index in [0.29, 0.717) is 6.61 Å². The Balaban J connectivity index is 1.62. The number of ether oxygens (including phenoxy) is 1. The van der Waals surface area contributed by atoms with Crippen molar-refractivity contribution in [3.63, 3.8) is 0 Å². The molecule has 1 heterocycles. The van der Waals surface area contributed by atoms with Crippen LogP contribution in [0, 0.1) is 0 Å². The van der Waals surface area contributed by atoms with Crippen LogP contribution in [0.3, 0.4) is 0 Å². The molecular weight excluding hydrogens is 444 g/mol. The third kappa shape index (κ3) is 5.80. The van der Waals surface area contributed by atoms with Crippen LogP contribution < -0.4 is 0 Å². The summed E-state index contributed by atoms with van der Waals surface area (Å²) in [5, 5.41) is 0. The van der Waals surface area contributed by atoms with Crippen molar-refractivity contribution in [2.45, 2.75) is 32.1 Å². The Labute approximate surface area is 165 Å². The molecule has 25 heavy (non-hydrogen) atoms. The third-order valence-corrected chi connectivity index (χ3v) is 5.11. The fourth-order valence-electron chi connectivity index (χ4n) is 2.68. The Bertz CT molecular complexity index is 755. The van der Waals surface area contributed by atoms with Gasteiger partial charge in [-0.15, -0.1) is 0 Å². The molecule has 1 atom stereocenters. The summed E-state index contributed by atoms with van der Waals surface area (Å²) in [5.74, 6) is 0. The predicted octanol–water partition coefficient (Wildman–Crippen LogP) is 6.15. The zero-order chi connectivity index (χ0) is 17.5. The van der Waals surface area contributed by atoms with E-state index in [1.807, 2.05) is 30.9 Å². The van der Waals surface area contributed by atoms with Crippen LogP contribution in [0.25, 0.3) is 0 Å². The Morgan fingerprint density at radius 2 is 1.64 bits per heavy atom. The number of halogens is 2. The summed E-state index contributed by atoms with van der Waals surface area (Å²) in [4.78, 5) is 4.09. The smallest absolute Gasteiger partial charge is 0.0945 e. The number of benzene rings is 2. The van der Waals surface area contributed by atoms with E-state index in [1.54, 1.807) is 0 Å². The van der Waals surface area contributed by atoms with Crippen LogP contribution in [0.15, 0.2) is 76.2 Å². The van der Waals surface area contributed by atoms with E-state index in [9.17, 15) is 0 Å². The third-order valence-electron chi connectivity index (χ3n) is 4.05. The number of hydrogen-bond acceptors (Lipinski definition) is 2. The molecule has 0 N–H and O–H groups in total. The monoisotopic (exact) mass is 462 g/mol. The molecule has 0 fully saturated rings. The zero-order valence-corrected chi connectivity index (χ0v) is 17.0. The molecule has 3 aromatic rings. The van der Waals surface area contributed by atoms with Crippen LogP contribution >= 0.6 is 31.9 Å². The summed E-state index contributed by atoms with van der Waals surface area (Å²) in [5.41, 5.74) is 2.39. The minimum Gasteiger partial charge on any atom is -0.369 e. The van der Waals surface area contributed by atoms with E-state index in [-0.39, 0.29) is 6.10 Å². The van der Waals surface area contributed by atoms with Gasteiger partial charge in [-0.2, -0.15) is 0 Å². The highest BCUT2D eigenvalue weighted by molar-refractivity contribution is 9.10. The fraction of sp³-hybridized carbons (Fsp3) is 0.250. The number of imidazole rings is 1. The minimum atomic E-state index is 0.0836. The number of hydrogen-bond donors (Lipinski definition) is 0. The van der Waals surface area contributed by atoms with Gasteiger partial charge < -0.3 is 9.30 Å². The van der Waals surface area contributed by atoms with E-state index in [1.165, 1.54) is 11.1 Å². The first-order valence-electron chi connectivity index (χ1n) is 8.28. The lowest BCUT2D eigenvalue weighted by Gasteiger charge is -2.19. The lowest BCUT2D eigenvalue weighted by molar-refractivity contribution is 0.0318. The van der Waals surface area contributed by atoms with Gasteiger partial charge >= 0.3 is 0 Å². The van der Waals surface area contributed by atoms with Gasteiger partial charge in [0.05, 0.1) is 19.0 Å². The Hall–Kier alpha value is -1.43. The first-order chi connectivity index (χ1) is 12.2. The molecule has 0 spiro atoms. The summed E-state index contributed by atoms with van der Waals surface area (Å²) in [7, 11) is 0. The van der Waals surface area contributed by atoms with E-state index < -0.39 is 0 Å². The molecule has 0 aliphatic carbocycles. The van der Waals surface area contributed by atoms with Crippen LogP contribution in [0.1, 0.15) is 30.1 Å². The summed E-state index contributed by atoms with van der Waals surface area (Å²) < 4.78 is 10.5. The van der Waals surface area contributed by atoms with Gasteiger partial charge in [0.25, 0.3) is 0 Å². The molecule has 3 rings (SSSR count). The quantitative estimate of drug-likeness (QED) is 0.400.